The van der Waals surface area contributed by atoms with Gasteiger partial charge in [0, 0.05) is 36.5 Å². The quantitative estimate of drug-likeness (QED) is 0.851. The number of pyridine rings is 2. The Bertz CT molecular complexity index is 480. The maximum absolute atomic E-state index is 4.16. The number of aryl methyl sites for hydroxylation is 2. The normalized spacial score (nSPS) is 10.1. The summed E-state index contributed by atoms with van der Waals surface area (Å²) in [5.41, 5.74) is 4.60. The van der Waals surface area contributed by atoms with Crippen LogP contribution in [0.15, 0.2) is 36.8 Å². The van der Waals surface area contributed by atoms with Gasteiger partial charge < -0.3 is 5.32 Å². The first kappa shape index (κ1) is 10.6. The van der Waals surface area contributed by atoms with Gasteiger partial charge in [0.2, 0.25) is 0 Å². The van der Waals surface area contributed by atoms with Crippen molar-refractivity contribution >= 4 is 5.69 Å². The number of aromatic nitrogens is 2. The van der Waals surface area contributed by atoms with Crippen LogP contribution >= 0.6 is 0 Å². The van der Waals surface area contributed by atoms with Crippen molar-refractivity contribution in [2.75, 3.05) is 5.32 Å². The highest BCUT2D eigenvalue weighted by Gasteiger charge is 1.97. The van der Waals surface area contributed by atoms with Gasteiger partial charge in [-0.3, -0.25) is 9.97 Å². The van der Waals surface area contributed by atoms with Crippen molar-refractivity contribution in [2.45, 2.75) is 20.4 Å². The Morgan fingerprint density at radius 1 is 1.19 bits per heavy atom. The molecule has 0 aliphatic carbocycles. The lowest BCUT2D eigenvalue weighted by atomic mass is 10.1. The minimum absolute atomic E-state index is 0.817. The van der Waals surface area contributed by atoms with Crippen LogP contribution in [-0.2, 0) is 6.54 Å². The molecule has 0 aliphatic heterocycles. The van der Waals surface area contributed by atoms with E-state index in [0.29, 0.717) is 0 Å². The summed E-state index contributed by atoms with van der Waals surface area (Å²) in [4.78, 5) is 8.24. The van der Waals surface area contributed by atoms with Crippen molar-refractivity contribution in [3.63, 3.8) is 0 Å². The van der Waals surface area contributed by atoms with E-state index in [1.54, 1.807) is 0 Å². The largest absolute Gasteiger partial charge is 0.381 e. The first-order valence-corrected chi connectivity index (χ1v) is 5.32. The van der Waals surface area contributed by atoms with Crippen molar-refractivity contribution in [3.8, 4) is 0 Å². The number of nitrogens with zero attached hydrogens (tertiary/aromatic N) is 2. The van der Waals surface area contributed by atoms with Crippen molar-refractivity contribution in [1.82, 2.24) is 9.97 Å². The highest BCUT2D eigenvalue weighted by atomic mass is 14.9. The molecule has 1 N–H and O–H groups in total. The van der Waals surface area contributed by atoms with E-state index in [9.17, 15) is 0 Å². The summed E-state index contributed by atoms with van der Waals surface area (Å²) in [5.74, 6) is 0. The molecular formula is C13H15N3. The molecule has 0 bridgehead atoms. The predicted molar refractivity (Wildman–Crippen MR) is 65.3 cm³/mol. The zero-order chi connectivity index (χ0) is 11.4. The van der Waals surface area contributed by atoms with E-state index in [0.717, 1.165) is 17.9 Å². The topological polar surface area (TPSA) is 37.8 Å². The second-order valence-electron chi connectivity index (χ2n) is 3.84. The van der Waals surface area contributed by atoms with Gasteiger partial charge in [0.15, 0.2) is 0 Å². The summed E-state index contributed by atoms with van der Waals surface area (Å²) in [6, 6.07) is 6.05. The van der Waals surface area contributed by atoms with Crippen molar-refractivity contribution in [1.29, 1.82) is 0 Å². The van der Waals surface area contributed by atoms with Gasteiger partial charge in [0.25, 0.3) is 0 Å². The Balaban J connectivity index is 2.05. The summed E-state index contributed by atoms with van der Waals surface area (Å²) in [6.45, 7) is 4.88. The maximum Gasteiger partial charge on any atom is 0.0404 e. The highest BCUT2D eigenvalue weighted by Crippen LogP contribution is 2.11. The van der Waals surface area contributed by atoms with Crippen LogP contribution in [-0.4, -0.2) is 9.97 Å². The lowest BCUT2D eigenvalue weighted by Gasteiger charge is -2.08. The Morgan fingerprint density at radius 2 is 2.06 bits per heavy atom. The number of hydrogen-bond acceptors (Lipinski definition) is 3. The monoisotopic (exact) mass is 213 g/mol. The van der Waals surface area contributed by atoms with E-state index in [1.807, 2.05) is 43.7 Å². The summed E-state index contributed by atoms with van der Waals surface area (Å²) >= 11 is 0. The zero-order valence-corrected chi connectivity index (χ0v) is 9.57. The lowest BCUT2D eigenvalue weighted by Crippen LogP contribution is -2.01. The highest BCUT2D eigenvalue weighted by molar-refractivity contribution is 5.44. The standard InChI is InChI=1S/C13H15N3/c1-10-8-14-5-3-12(10)9-16-13-4-6-15-11(2)7-13/h3-8H,9H2,1-2H3,(H,15,16). The van der Waals surface area contributed by atoms with Gasteiger partial charge in [-0.2, -0.15) is 0 Å². The van der Waals surface area contributed by atoms with Crippen LogP contribution in [0.5, 0.6) is 0 Å². The number of nitrogens with one attached hydrogen (secondary N) is 1. The smallest absolute Gasteiger partial charge is 0.0404 e. The van der Waals surface area contributed by atoms with Crippen LogP contribution < -0.4 is 5.32 Å². The molecule has 82 valence electrons. The predicted octanol–water partition coefficient (Wildman–Crippen LogP) is 2.71. The van der Waals surface area contributed by atoms with Crippen LogP contribution in [0.2, 0.25) is 0 Å². The summed E-state index contributed by atoms with van der Waals surface area (Å²) in [5, 5.41) is 3.37. The van der Waals surface area contributed by atoms with E-state index in [-0.39, 0.29) is 0 Å². The average Bonchev–Trinajstić information content (AvgIpc) is 2.28. The van der Waals surface area contributed by atoms with Crippen molar-refractivity contribution in [3.05, 3.63) is 53.6 Å². The molecule has 0 fully saturated rings. The minimum atomic E-state index is 0.817. The fourth-order valence-electron chi connectivity index (χ4n) is 1.55. The number of anilines is 1. The molecule has 3 nitrogen and oxygen atoms in total. The van der Waals surface area contributed by atoms with Gasteiger partial charge in [-0.05, 0) is 43.2 Å². The van der Waals surface area contributed by atoms with Crippen LogP contribution in [0.1, 0.15) is 16.8 Å². The maximum atomic E-state index is 4.16. The summed E-state index contributed by atoms with van der Waals surface area (Å²) < 4.78 is 0. The van der Waals surface area contributed by atoms with Gasteiger partial charge in [0.05, 0.1) is 0 Å². The van der Waals surface area contributed by atoms with E-state index in [4.69, 9.17) is 0 Å². The molecule has 2 rings (SSSR count). The molecule has 0 radical (unpaired) electrons. The minimum Gasteiger partial charge on any atom is -0.381 e. The lowest BCUT2D eigenvalue weighted by molar-refractivity contribution is 1.08. The SMILES string of the molecule is Cc1cc(NCc2ccncc2C)ccn1. The van der Waals surface area contributed by atoms with Crippen molar-refractivity contribution < 1.29 is 0 Å². The fourth-order valence-corrected chi connectivity index (χ4v) is 1.55. The van der Waals surface area contributed by atoms with E-state index in [1.165, 1.54) is 11.1 Å². The molecule has 0 aromatic carbocycles. The van der Waals surface area contributed by atoms with Gasteiger partial charge in [-0.25, -0.2) is 0 Å². The number of hydrogen-bond donors (Lipinski definition) is 1. The molecular weight excluding hydrogens is 198 g/mol. The van der Waals surface area contributed by atoms with Gasteiger partial charge in [-0.15, -0.1) is 0 Å². The number of rotatable bonds is 3. The first-order valence-electron chi connectivity index (χ1n) is 5.32. The van der Waals surface area contributed by atoms with Crippen LogP contribution in [0.25, 0.3) is 0 Å². The molecule has 2 heterocycles. The Morgan fingerprint density at radius 3 is 2.81 bits per heavy atom. The van der Waals surface area contributed by atoms with E-state index >= 15 is 0 Å². The molecule has 3 heteroatoms. The van der Waals surface area contributed by atoms with Crippen molar-refractivity contribution in [2.24, 2.45) is 0 Å². The molecule has 0 atom stereocenters. The zero-order valence-electron chi connectivity index (χ0n) is 9.57. The van der Waals surface area contributed by atoms with Crippen LogP contribution in [0, 0.1) is 13.8 Å². The Hall–Kier alpha value is -1.90. The van der Waals surface area contributed by atoms with E-state index in [2.05, 4.69) is 22.2 Å². The third-order valence-corrected chi connectivity index (χ3v) is 2.52. The molecule has 2 aromatic heterocycles. The summed E-state index contributed by atoms with van der Waals surface area (Å²) in [7, 11) is 0. The molecule has 0 aliphatic rings. The molecule has 0 spiro atoms. The molecule has 0 unspecified atom stereocenters. The van der Waals surface area contributed by atoms with Crippen LogP contribution in [0.4, 0.5) is 5.69 Å². The van der Waals surface area contributed by atoms with Crippen LogP contribution in [0.3, 0.4) is 0 Å². The van der Waals surface area contributed by atoms with Gasteiger partial charge in [0.1, 0.15) is 0 Å². The van der Waals surface area contributed by atoms with Gasteiger partial charge >= 0.3 is 0 Å². The molecule has 0 saturated carbocycles. The second kappa shape index (κ2) is 4.75. The molecule has 2 aromatic rings. The third-order valence-electron chi connectivity index (χ3n) is 2.52. The molecule has 16 heavy (non-hydrogen) atoms. The summed E-state index contributed by atoms with van der Waals surface area (Å²) in [6.07, 6.45) is 5.52. The Labute approximate surface area is 95.6 Å². The fraction of sp³-hybridized carbons (Fsp3) is 0.231. The first-order chi connectivity index (χ1) is 7.75. The Kier molecular flexibility index (Phi) is 3.15. The van der Waals surface area contributed by atoms with E-state index < -0.39 is 0 Å². The molecule has 0 saturated heterocycles. The third kappa shape index (κ3) is 2.57. The van der Waals surface area contributed by atoms with Gasteiger partial charge in [-0.1, -0.05) is 0 Å². The average molecular weight is 213 g/mol. The second-order valence-corrected chi connectivity index (χ2v) is 3.84. The molecule has 0 amide bonds.